The Balaban J connectivity index is 1.28. The van der Waals surface area contributed by atoms with E-state index in [1.54, 1.807) is 17.5 Å². The summed E-state index contributed by atoms with van der Waals surface area (Å²) in [5.41, 5.74) is 14.6. The highest BCUT2D eigenvalue weighted by Crippen LogP contribution is 2.27. The Morgan fingerprint density at radius 3 is 1.98 bits per heavy atom. The summed E-state index contributed by atoms with van der Waals surface area (Å²) in [7, 11) is 0. The van der Waals surface area contributed by atoms with Gasteiger partial charge < -0.3 is 43.0 Å². The second-order valence-electron chi connectivity index (χ2n) is 13.9. The van der Waals surface area contributed by atoms with Crippen LogP contribution in [0.2, 0.25) is 0 Å². The number of benzene rings is 3. The molecule has 0 bridgehead atoms. The van der Waals surface area contributed by atoms with E-state index in [1.807, 2.05) is 84.2 Å². The first-order valence-corrected chi connectivity index (χ1v) is 19.6. The van der Waals surface area contributed by atoms with Crippen LogP contribution in [0.25, 0.3) is 21.0 Å². The van der Waals surface area contributed by atoms with E-state index in [0.29, 0.717) is 38.8 Å². The minimum Gasteiger partial charge on any atom is -0.368 e. The van der Waals surface area contributed by atoms with Crippen molar-refractivity contribution in [2.24, 2.45) is 11.5 Å². The van der Waals surface area contributed by atoms with Crippen molar-refractivity contribution >= 4 is 61.9 Å². The van der Waals surface area contributed by atoms with Crippen LogP contribution in [0.4, 0.5) is 0 Å². The Hall–Kier alpha value is -5.57. The standard InChI is InChI=1S/C41H48N8O5S/c42-18-9-8-15-31(37(43)50)46-39(52)33(20-25-10-2-1-3-11-25)47-40(53)34(21-26-23-45-30-14-6-4-12-28(26)30)49-41(54)35(48-38(51)32-17-19-44-32)22-27-24-55-36-16-7-5-13-29(27)36/h1-7,10-14,16,23-24,31-35,44-45H,8-9,15,17-22,42H2,(H2,43,50)(H,46,52)(H,47,53)(H,48,51)(H,49,54)/t31-,32-,33+,34-,35-/m1/s1. The summed E-state index contributed by atoms with van der Waals surface area (Å²) >= 11 is 1.56. The Kier molecular flexibility index (Phi) is 13.3. The van der Waals surface area contributed by atoms with Crippen LogP contribution >= 0.6 is 11.3 Å². The number of aromatic amines is 1. The monoisotopic (exact) mass is 764 g/mol. The smallest absolute Gasteiger partial charge is 0.243 e. The molecule has 5 aromatic rings. The summed E-state index contributed by atoms with van der Waals surface area (Å²) in [5.74, 6) is -2.73. The van der Waals surface area contributed by atoms with Gasteiger partial charge in [-0.15, -0.1) is 11.3 Å². The number of unbranched alkanes of at least 4 members (excludes halogenated alkanes) is 1. The zero-order chi connectivity index (χ0) is 38.7. The Morgan fingerprint density at radius 2 is 1.31 bits per heavy atom. The van der Waals surface area contributed by atoms with Crippen LogP contribution in [-0.4, -0.2) is 77.8 Å². The molecule has 0 spiro atoms. The van der Waals surface area contributed by atoms with E-state index in [1.165, 1.54) is 0 Å². The molecule has 1 fully saturated rings. The highest BCUT2D eigenvalue weighted by atomic mass is 32.1. The number of nitrogens with two attached hydrogens (primary N) is 2. The number of primary amides is 1. The number of thiophene rings is 1. The minimum absolute atomic E-state index is 0.0799. The lowest BCUT2D eigenvalue weighted by Gasteiger charge is -2.29. The van der Waals surface area contributed by atoms with Crippen molar-refractivity contribution in [3.05, 3.63) is 107 Å². The van der Waals surface area contributed by atoms with Crippen LogP contribution in [0.5, 0.6) is 0 Å². The highest BCUT2D eigenvalue weighted by molar-refractivity contribution is 7.17. The molecule has 1 aliphatic rings. The van der Waals surface area contributed by atoms with E-state index in [0.717, 1.165) is 37.7 Å². The van der Waals surface area contributed by atoms with E-state index in [-0.39, 0.29) is 25.2 Å². The van der Waals surface area contributed by atoms with Crippen molar-refractivity contribution in [3.63, 3.8) is 0 Å². The number of fused-ring (bicyclic) bond motifs is 2. The summed E-state index contributed by atoms with van der Waals surface area (Å²) in [6.07, 6.45) is 4.37. The fourth-order valence-corrected chi connectivity index (χ4v) is 7.76. The highest BCUT2D eigenvalue weighted by Gasteiger charge is 2.34. The third-order valence-corrected chi connectivity index (χ3v) is 11.0. The topological polar surface area (TPSA) is 213 Å². The average molecular weight is 765 g/mol. The van der Waals surface area contributed by atoms with Gasteiger partial charge in [-0.25, -0.2) is 0 Å². The van der Waals surface area contributed by atoms with Gasteiger partial charge in [0.1, 0.15) is 24.2 Å². The van der Waals surface area contributed by atoms with Crippen LogP contribution < -0.4 is 38.1 Å². The first-order chi connectivity index (χ1) is 26.7. The molecule has 0 unspecified atom stereocenters. The Labute approximate surface area is 323 Å². The first kappa shape index (κ1) is 39.1. The molecule has 3 heterocycles. The third-order valence-electron chi connectivity index (χ3n) is 10.0. The van der Waals surface area contributed by atoms with Crippen molar-refractivity contribution in [1.82, 2.24) is 31.6 Å². The van der Waals surface area contributed by atoms with Gasteiger partial charge in [0.25, 0.3) is 0 Å². The number of carbonyl (C=O) groups excluding carboxylic acids is 5. The van der Waals surface area contributed by atoms with Crippen molar-refractivity contribution in [3.8, 4) is 0 Å². The predicted octanol–water partition coefficient (Wildman–Crippen LogP) is 2.33. The number of amides is 5. The maximum Gasteiger partial charge on any atom is 0.243 e. The van der Waals surface area contributed by atoms with Crippen LogP contribution in [0.1, 0.15) is 42.4 Å². The number of rotatable bonds is 19. The molecule has 5 amide bonds. The lowest BCUT2D eigenvalue weighted by atomic mass is 9.99. The Bertz CT molecular complexity index is 2110. The number of hydrogen-bond donors (Lipinski definition) is 8. The lowest BCUT2D eigenvalue weighted by molar-refractivity contribution is -0.134. The second-order valence-corrected chi connectivity index (χ2v) is 14.9. The van der Waals surface area contributed by atoms with Gasteiger partial charge in [-0.05, 0) is 78.4 Å². The van der Waals surface area contributed by atoms with Gasteiger partial charge in [0.15, 0.2) is 0 Å². The summed E-state index contributed by atoms with van der Waals surface area (Å²) < 4.78 is 1.06. The molecule has 0 saturated carbocycles. The van der Waals surface area contributed by atoms with Crippen LogP contribution in [0.15, 0.2) is 90.4 Å². The van der Waals surface area contributed by atoms with Crippen LogP contribution in [0.3, 0.4) is 0 Å². The van der Waals surface area contributed by atoms with Crippen LogP contribution in [-0.2, 0) is 43.2 Å². The van der Waals surface area contributed by atoms with Gasteiger partial charge in [0.2, 0.25) is 29.5 Å². The average Bonchev–Trinajstić information content (AvgIpc) is 3.77. The molecule has 3 aromatic carbocycles. The quantitative estimate of drug-likeness (QED) is 0.0588. The van der Waals surface area contributed by atoms with Gasteiger partial charge >= 0.3 is 0 Å². The molecule has 6 rings (SSSR count). The van der Waals surface area contributed by atoms with E-state index in [9.17, 15) is 24.0 Å². The van der Waals surface area contributed by atoms with Gasteiger partial charge in [0, 0.05) is 41.1 Å². The number of para-hydroxylation sites is 1. The summed E-state index contributed by atoms with van der Waals surface area (Å²) in [5, 5.41) is 18.4. The zero-order valence-corrected chi connectivity index (χ0v) is 31.3. The molecule has 55 heavy (non-hydrogen) atoms. The number of H-pyrrole nitrogens is 1. The molecular weight excluding hydrogens is 717 g/mol. The SMILES string of the molecule is NCCCC[C@@H](NC(=O)[C@H](Cc1ccccc1)NC(=O)[C@@H](Cc1c[nH]c2ccccc12)NC(=O)[C@@H](Cc1csc2ccccc12)NC(=O)[C@H]1CCN1)C(N)=O. The van der Waals surface area contributed by atoms with Crippen molar-refractivity contribution < 1.29 is 24.0 Å². The molecule has 5 atom stereocenters. The number of hydrogen-bond acceptors (Lipinski definition) is 8. The van der Waals surface area contributed by atoms with Gasteiger partial charge in [-0.2, -0.15) is 0 Å². The zero-order valence-electron chi connectivity index (χ0n) is 30.5. The van der Waals surface area contributed by atoms with Crippen molar-refractivity contribution in [2.45, 2.75) is 75.2 Å². The number of nitrogens with one attached hydrogen (secondary N) is 6. The van der Waals surface area contributed by atoms with Gasteiger partial charge in [0.05, 0.1) is 6.04 Å². The fourth-order valence-electron chi connectivity index (χ4n) is 6.79. The summed E-state index contributed by atoms with van der Waals surface area (Å²) in [4.78, 5) is 71.5. The third kappa shape index (κ3) is 10.1. The van der Waals surface area contributed by atoms with Gasteiger partial charge in [-0.1, -0.05) is 66.7 Å². The first-order valence-electron chi connectivity index (χ1n) is 18.7. The molecule has 2 aromatic heterocycles. The molecular formula is C41H48N8O5S. The van der Waals surface area contributed by atoms with E-state index < -0.39 is 53.8 Å². The summed E-state index contributed by atoms with van der Waals surface area (Å²) in [6, 6.07) is 20.0. The van der Waals surface area contributed by atoms with Crippen LogP contribution in [0, 0.1) is 0 Å². The maximum atomic E-state index is 14.5. The number of aromatic nitrogens is 1. The molecule has 1 saturated heterocycles. The predicted molar refractivity (Wildman–Crippen MR) is 214 cm³/mol. The lowest BCUT2D eigenvalue weighted by Crippen LogP contribution is -2.61. The van der Waals surface area contributed by atoms with E-state index in [4.69, 9.17) is 11.5 Å². The molecule has 288 valence electrons. The van der Waals surface area contributed by atoms with Gasteiger partial charge in [-0.3, -0.25) is 24.0 Å². The largest absolute Gasteiger partial charge is 0.368 e. The minimum atomic E-state index is -1.16. The Morgan fingerprint density at radius 1 is 0.709 bits per heavy atom. The van der Waals surface area contributed by atoms with E-state index in [2.05, 4.69) is 31.6 Å². The molecule has 13 nitrogen and oxygen atoms in total. The normalized spacial score (nSPS) is 16.0. The molecule has 1 aliphatic heterocycles. The fraction of sp³-hybridized carbons (Fsp3) is 0.341. The van der Waals surface area contributed by atoms with E-state index >= 15 is 0 Å². The molecule has 10 N–H and O–H groups in total. The maximum absolute atomic E-state index is 14.5. The van der Waals surface area contributed by atoms with Crippen molar-refractivity contribution in [1.29, 1.82) is 0 Å². The van der Waals surface area contributed by atoms with Crippen molar-refractivity contribution in [2.75, 3.05) is 13.1 Å². The second kappa shape index (κ2) is 18.7. The molecule has 0 aliphatic carbocycles. The molecule has 0 radical (unpaired) electrons. The summed E-state index contributed by atoms with van der Waals surface area (Å²) in [6.45, 7) is 1.14. The molecule has 14 heteroatoms. The number of carbonyl (C=O) groups is 5.